The van der Waals surface area contributed by atoms with E-state index < -0.39 is 0 Å². The maximum atomic E-state index is 13.0. The van der Waals surface area contributed by atoms with Gasteiger partial charge in [0.1, 0.15) is 11.4 Å². The number of hydrogen-bond donors (Lipinski definition) is 3. The smallest absolute Gasteiger partial charge is 0.270 e. The number of ether oxygens (including phenoxy) is 1. The van der Waals surface area contributed by atoms with E-state index in [4.69, 9.17) is 4.74 Å². The van der Waals surface area contributed by atoms with Crippen LogP contribution in [0.5, 0.6) is 5.75 Å². The van der Waals surface area contributed by atoms with E-state index in [1.54, 1.807) is 7.11 Å². The van der Waals surface area contributed by atoms with Crippen LogP contribution in [0.2, 0.25) is 0 Å². The molecule has 4 aromatic rings. The Kier molecular flexibility index (Phi) is 6.49. The molecule has 7 nitrogen and oxygen atoms in total. The number of rotatable bonds is 7. The van der Waals surface area contributed by atoms with Gasteiger partial charge in [0, 0.05) is 60.1 Å². The first-order chi connectivity index (χ1) is 17.0. The summed E-state index contributed by atoms with van der Waals surface area (Å²) in [5.41, 5.74) is 5.08. The van der Waals surface area contributed by atoms with Gasteiger partial charge in [-0.25, -0.2) is 0 Å². The lowest BCUT2D eigenvalue weighted by molar-refractivity contribution is -0.122. The van der Waals surface area contributed by atoms with Gasteiger partial charge in [-0.2, -0.15) is 0 Å². The summed E-state index contributed by atoms with van der Waals surface area (Å²) in [6, 6.07) is 14.0. The Morgan fingerprint density at radius 2 is 1.91 bits per heavy atom. The molecule has 1 aliphatic rings. The highest BCUT2D eigenvalue weighted by molar-refractivity contribution is 5.98. The summed E-state index contributed by atoms with van der Waals surface area (Å²) in [4.78, 5) is 33.9. The minimum absolute atomic E-state index is 0.0111. The molecule has 0 spiro atoms. The molecule has 0 atom stereocenters. The maximum Gasteiger partial charge on any atom is 0.270 e. The molecule has 3 N–H and O–H groups in total. The minimum Gasteiger partial charge on any atom is -0.497 e. The first kappa shape index (κ1) is 23.0. The minimum atomic E-state index is 0.0111. The topological polar surface area (TPSA) is 90.2 Å². The molecule has 2 amide bonds. The Hall–Kier alpha value is -3.74. The van der Waals surface area contributed by atoms with E-state index in [0.29, 0.717) is 37.7 Å². The third-order valence-electron chi connectivity index (χ3n) is 7.08. The van der Waals surface area contributed by atoms with Gasteiger partial charge in [-0.15, -0.1) is 0 Å². The number of aromatic amines is 2. The predicted molar refractivity (Wildman–Crippen MR) is 138 cm³/mol. The standard InChI is InChI=1S/C28H32N4O3/c1-18-3-6-24-23(13-18)21(17-30-24)7-10-29-27(33)14-19-8-11-32(12-9-19)28(34)26-15-20-4-5-22(35-2)16-25(20)31-26/h3-6,13,15-17,19,30-31H,7-12,14H2,1-2H3,(H,29,33). The monoisotopic (exact) mass is 472 g/mol. The largest absolute Gasteiger partial charge is 0.497 e. The van der Waals surface area contributed by atoms with Gasteiger partial charge in [-0.1, -0.05) is 11.6 Å². The van der Waals surface area contributed by atoms with Gasteiger partial charge in [-0.3, -0.25) is 9.59 Å². The SMILES string of the molecule is COc1ccc2cc(C(=O)N3CCC(CC(=O)NCCc4c[nH]c5ccc(C)cc45)CC3)[nH]c2c1. The molecule has 2 aromatic carbocycles. The molecule has 7 heteroatoms. The molecule has 1 fully saturated rings. The van der Waals surface area contributed by atoms with Gasteiger partial charge < -0.3 is 24.9 Å². The fraction of sp³-hybridized carbons (Fsp3) is 0.357. The van der Waals surface area contributed by atoms with E-state index in [-0.39, 0.29) is 11.8 Å². The lowest BCUT2D eigenvalue weighted by atomic mass is 9.93. The number of H-pyrrole nitrogens is 2. The van der Waals surface area contributed by atoms with Crippen LogP contribution in [0.4, 0.5) is 0 Å². The Labute approximate surface area is 204 Å². The van der Waals surface area contributed by atoms with Crippen molar-refractivity contribution in [2.45, 2.75) is 32.6 Å². The number of benzene rings is 2. The molecule has 1 aliphatic heterocycles. The molecule has 1 saturated heterocycles. The number of carbonyl (C=O) groups is 2. The van der Waals surface area contributed by atoms with Crippen molar-refractivity contribution in [3.05, 3.63) is 65.5 Å². The van der Waals surface area contributed by atoms with Gasteiger partial charge in [0.25, 0.3) is 5.91 Å². The van der Waals surface area contributed by atoms with Crippen molar-refractivity contribution in [2.75, 3.05) is 26.7 Å². The number of fused-ring (bicyclic) bond motifs is 2. The van der Waals surface area contributed by atoms with Gasteiger partial charge in [0.2, 0.25) is 5.91 Å². The van der Waals surface area contributed by atoms with Crippen LogP contribution >= 0.6 is 0 Å². The van der Waals surface area contributed by atoms with E-state index >= 15 is 0 Å². The number of nitrogens with zero attached hydrogens (tertiary/aromatic N) is 1. The van der Waals surface area contributed by atoms with Crippen LogP contribution in [0.15, 0.2) is 48.7 Å². The number of piperidine rings is 1. The Balaban J connectivity index is 1.08. The molecule has 0 aliphatic carbocycles. The average Bonchev–Trinajstić information content (AvgIpc) is 3.47. The zero-order valence-corrected chi connectivity index (χ0v) is 20.3. The highest BCUT2D eigenvalue weighted by atomic mass is 16.5. The van der Waals surface area contributed by atoms with Crippen molar-refractivity contribution in [3.8, 4) is 5.75 Å². The van der Waals surface area contributed by atoms with Crippen LogP contribution in [-0.2, 0) is 11.2 Å². The first-order valence-corrected chi connectivity index (χ1v) is 12.3. The van der Waals surface area contributed by atoms with Crippen LogP contribution in [-0.4, -0.2) is 53.4 Å². The van der Waals surface area contributed by atoms with Crippen molar-refractivity contribution < 1.29 is 14.3 Å². The number of nitrogens with one attached hydrogen (secondary N) is 3. The van der Waals surface area contributed by atoms with Gasteiger partial charge >= 0.3 is 0 Å². The lowest BCUT2D eigenvalue weighted by Gasteiger charge is -2.31. The summed E-state index contributed by atoms with van der Waals surface area (Å²) < 4.78 is 5.27. The second kappa shape index (κ2) is 9.86. The fourth-order valence-electron chi connectivity index (χ4n) is 5.03. The molecule has 0 bridgehead atoms. The third kappa shape index (κ3) is 5.04. The normalized spacial score (nSPS) is 14.5. The second-order valence-corrected chi connectivity index (χ2v) is 9.54. The van der Waals surface area contributed by atoms with Crippen LogP contribution < -0.4 is 10.1 Å². The van der Waals surface area contributed by atoms with Crippen LogP contribution in [0.25, 0.3) is 21.8 Å². The molecule has 0 unspecified atom stereocenters. The van der Waals surface area contributed by atoms with E-state index in [9.17, 15) is 9.59 Å². The van der Waals surface area contributed by atoms with Crippen molar-refractivity contribution in [2.24, 2.45) is 5.92 Å². The third-order valence-corrected chi connectivity index (χ3v) is 7.08. The molecule has 2 aromatic heterocycles. The van der Waals surface area contributed by atoms with Crippen LogP contribution in [0.1, 0.15) is 40.9 Å². The summed E-state index contributed by atoms with van der Waals surface area (Å²) in [5, 5.41) is 5.30. The number of methoxy groups -OCH3 is 1. The molecule has 35 heavy (non-hydrogen) atoms. The Morgan fingerprint density at radius 1 is 1.09 bits per heavy atom. The van der Waals surface area contributed by atoms with Gasteiger partial charge in [0.15, 0.2) is 0 Å². The zero-order valence-electron chi connectivity index (χ0n) is 20.3. The summed E-state index contributed by atoms with van der Waals surface area (Å²) in [6.07, 6.45) is 5.04. The summed E-state index contributed by atoms with van der Waals surface area (Å²) >= 11 is 0. The first-order valence-electron chi connectivity index (χ1n) is 12.3. The van der Waals surface area contributed by atoms with Crippen molar-refractivity contribution in [1.29, 1.82) is 0 Å². The number of amides is 2. The number of hydrogen-bond acceptors (Lipinski definition) is 3. The van der Waals surface area contributed by atoms with Crippen molar-refractivity contribution in [3.63, 3.8) is 0 Å². The summed E-state index contributed by atoms with van der Waals surface area (Å²) in [6.45, 7) is 4.06. The van der Waals surface area contributed by atoms with E-state index in [2.05, 4.69) is 40.4 Å². The van der Waals surface area contributed by atoms with Crippen molar-refractivity contribution in [1.82, 2.24) is 20.2 Å². The highest BCUT2D eigenvalue weighted by Gasteiger charge is 2.26. The van der Waals surface area contributed by atoms with Crippen molar-refractivity contribution >= 4 is 33.6 Å². The molecular weight excluding hydrogens is 440 g/mol. The highest BCUT2D eigenvalue weighted by Crippen LogP contribution is 2.25. The van der Waals surface area contributed by atoms with Gasteiger partial charge in [0.05, 0.1) is 7.11 Å². The second-order valence-electron chi connectivity index (χ2n) is 9.54. The molecule has 5 rings (SSSR count). The van der Waals surface area contributed by atoms with E-state index in [1.165, 1.54) is 16.5 Å². The average molecular weight is 473 g/mol. The summed E-state index contributed by atoms with van der Waals surface area (Å²) in [7, 11) is 1.63. The molecule has 3 heterocycles. The molecule has 182 valence electrons. The fourth-order valence-corrected chi connectivity index (χ4v) is 5.03. The molecular formula is C28H32N4O3. The maximum absolute atomic E-state index is 13.0. The molecule has 0 saturated carbocycles. The van der Waals surface area contributed by atoms with Gasteiger partial charge in [-0.05, 0) is 68.0 Å². The quantitative estimate of drug-likeness (QED) is 0.368. The number of aromatic nitrogens is 2. The van der Waals surface area contributed by atoms with Crippen LogP contribution in [0, 0.1) is 12.8 Å². The van der Waals surface area contributed by atoms with E-state index in [1.807, 2.05) is 35.4 Å². The molecule has 0 radical (unpaired) electrons. The number of aryl methyl sites for hydroxylation is 1. The number of likely N-dealkylation sites (tertiary alicyclic amines) is 1. The van der Waals surface area contributed by atoms with E-state index in [0.717, 1.165) is 41.4 Å². The Bertz CT molecular complexity index is 1360. The zero-order chi connectivity index (χ0) is 24.4. The number of carbonyl (C=O) groups excluding carboxylic acids is 2. The van der Waals surface area contributed by atoms with Crippen LogP contribution in [0.3, 0.4) is 0 Å². The summed E-state index contributed by atoms with van der Waals surface area (Å²) in [5.74, 6) is 1.17. The lowest BCUT2D eigenvalue weighted by Crippen LogP contribution is -2.40. The predicted octanol–water partition coefficient (Wildman–Crippen LogP) is 4.57. The Morgan fingerprint density at radius 3 is 2.71 bits per heavy atom.